The molecule has 7 heteroatoms. The summed E-state index contributed by atoms with van der Waals surface area (Å²) in [5.74, 6) is -3.24. The largest absolute Gasteiger partial charge is 0.478 e. The lowest BCUT2D eigenvalue weighted by Crippen LogP contribution is -2.06. The minimum Gasteiger partial charge on any atom is -0.478 e. The number of carboxylic acids is 1. The summed E-state index contributed by atoms with van der Waals surface area (Å²) in [7, 11) is 0. The maximum absolute atomic E-state index is 13.5. The monoisotopic (exact) mass is 270 g/mol. The molecule has 0 aliphatic carbocycles. The van der Waals surface area contributed by atoms with Gasteiger partial charge in [0.25, 0.3) is 0 Å². The fraction of sp³-hybridized carbons (Fsp3) is 0.0909. The Bertz CT molecular complexity index is 549. The van der Waals surface area contributed by atoms with Gasteiger partial charge in [-0.3, -0.25) is 4.98 Å². The minimum absolute atomic E-state index is 0.227. The van der Waals surface area contributed by atoms with Gasteiger partial charge in [-0.1, -0.05) is 0 Å². The molecule has 0 amide bonds. The van der Waals surface area contributed by atoms with Crippen molar-refractivity contribution < 1.29 is 18.7 Å². The third-order valence-electron chi connectivity index (χ3n) is 2.21. The molecule has 0 spiro atoms. The second-order valence-corrected chi connectivity index (χ2v) is 4.41. The Balaban J connectivity index is 2.20. The number of nitrogens with one attached hydrogen (secondary N) is 1. The maximum Gasteiger partial charge on any atom is 0.335 e. The molecule has 0 atom stereocenters. The Hall–Kier alpha value is -2.02. The summed E-state index contributed by atoms with van der Waals surface area (Å²) in [5, 5.41) is 11.2. The number of carboxylic acid groups (broad SMARTS) is 1. The van der Waals surface area contributed by atoms with Crippen LogP contribution in [0.1, 0.15) is 15.2 Å². The van der Waals surface area contributed by atoms with Crippen molar-refractivity contribution in [2.45, 2.75) is 6.54 Å². The number of aromatic carboxylic acids is 1. The lowest BCUT2D eigenvalue weighted by molar-refractivity contribution is 0.0696. The minimum atomic E-state index is -1.37. The highest BCUT2D eigenvalue weighted by Crippen LogP contribution is 2.22. The van der Waals surface area contributed by atoms with Crippen molar-refractivity contribution in [3.63, 3.8) is 0 Å². The van der Waals surface area contributed by atoms with E-state index >= 15 is 0 Å². The summed E-state index contributed by atoms with van der Waals surface area (Å²) < 4.78 is 27.0. The van der Waals surface area contributed by atoms with Gasteiger partial charge >= 0.3 is 5.97 Å². The van der Waals surface area contributed by atoms with Crippen LogP contribution >= 0.6 is 11.3 Å². The normalized spacial score (nSPS) is 10.3. The number of nitrogens with zero attached hydrogens (tertiary/aromatic N) is 1. The molecule has 0 bridgehead atoms. The zero-order valence-electron chi connectivity index (χ0n) is 8.98. The van der Waals surface area contributed by atoms with Crippen molar-refractivity contribution in [3.8, 4) is 0 Å². The Labute approximate surface area is 105 Å². The Morgan fingerprint density at radius 2 is 2.06 bits per heavy atom. The van der Waals surface area contributed by atoms with Crippen LogP contribution < -0.4 is 5.32 Å². The van der Waals surface area contributed by atoms with Gasteiger partial charge < -0.3 is 10.4 Å². The molecule has 1 aromatic carbocycles. The second-order valence-electron chi connectivity index (χ2n) is 3.44. The predicted octanol–water partition coefficient (Wildman–Crippen LogP) is 2.73. The van der Waals surface area contributed by atoms with E-state index in [0.29, 0.717) is 0 Å². The average molecular weight is 270 g/mol. The topological polar surface area (TPSA) is 62.2 Å². The van der Waals surface area contributed by atoms with Crippen LogP contribution in [0.3, 0.4) is 0 Å². The lowest BCUT2D eigenvalue weighted by Gasteiger charge is -2.08. The molecular formula is C11H8F2N2O2S. The molecule has 0 radical (unpaired) electrons. The lowest BCUT2D eigenvalue weighted by atomic mass is 10.2. The fourth-order valence-corrected chi connectivity index (χ4v) is 1.90. The van der Waals surface area contributed by atoms with E-state index in [1.54, 1.807) is 11.7 Å². The number of rotatable bonds is 4. The molecule has 1 aromatic heterocycles. The number of thiazole rings is 1. The van der Waals surface area contributed by atoms with E-state index in [-0.39, 0.29) is 12.2 Å². The van der Waals surface area contributed by atoms with Crippen LogP contribution in [0.4, 0.5) is 14.5 Å². The van der Waals surface area contributed by atoms with Crippen LogP contribution in [0, 0.1) is 11.6 Å². The van der Waals surface area contributed by atoms with Crippen LogP contribution in [-0.2, 0) is 6.54 Å². The van der Waals surface area contributed by atoms with Crippen molar-refractivity contribution in [2.75, 3.05) is 5.32 Å². The quantitative estimate of drug-likeness (QED) is 0.896. The van der Waals surface area contributed by atoms with Crippen molar-refractivity contribution in [1.29, 1.82) is 0 Å². The van der Waals surface area contributed by atoms with Crippen LogP contribution in [0.25, 0.3) is 0 Å². The Kier molecular flexibility index (Phi) is 3.52. The van der Waals surface area contributed by atoms with E-state index in [1.165, 1.54) is 11.3 Å². The molecule has 0 aliphatic heterocycles. The van der Waals surface area contributed by atoms with Gasteiger partial charge in [0.15, 0.2) is 0 Å². The van der Waals surface area contributed by atoms with Gasteiger partial charge in [-0.15, -0.1) is 11.3 Å². The summed E-state index contributed by atoms with van der Waals surface area (Å²) in [6, 6.07) is 1.56. The summed E-state index contributed by atoms with van der Waals surface area (Å²) in [4.78, 5) is 15.2. The van der Waals surface area contributed by atoms with E-state index in [0.717, 1.165) is 17.0 Å². The summed E-state index contributed by atoms with van der Waals surface area (Å²) in [6.07, 6.45) is 1.58. The van der Waals surface area contributed by atoms with Crippen molar-refractivity contribution in [3.05, 3.63) is 45.9 Å². The molecular weight excluding hydrogens is 262 g/mol. The number of benzene rings is 1. The molecule has 0 saturated carbocycles. The van der Waals surface area contributed by atoms with Gasteiger partial charge in [0, 0.05) is 11.1 Å². The molecule has 1 heterocycles. The first-order valence-corrected chi connectivity index (χ1v) is 5.79. The van der Waals surface area contributed by atoms with Gasteiger partial charge in [0.05, 0.1) is 17.6 Å². The fourth-order valence-electron chi connectivity index (χ4n) is 1.37. The molecule has 0 unspecified atom stereocenters. The van der Waals surface area contributed by atoms with Crippen LogP contribution in [-0.4, -0.2) is 16.1 Å². The van der Waals surface area contributed by atoms with Crippen molar-refractivity contribution >= 4 is 23.0 Å². The standard InChI is InChI=1S/C11H8F2N2O2S/c12-8-1-6(11(16)17)2-9(13)10(8)15-4-7-3-14-5-18-7/h1-3,5,15H,4H2,(H,16,17). The zero-order chi connectivity index (χ0) is 13.1. The van der Waals surface area contributed by atoms with E-state index < -0.39 is 23.2 Å². The first-order valence-electron chi connectivity index (χ1n) is 4.91. The van der Waals surface area contributed by atoms with Gasteiger partial charge in [-0.05, 0) is 12.1 Å². The molecule has 4 nitrogen and oxygen atoms in total. The third-order valence-corrected chi connectivity index (χ3v) is 2.99. The number of anilines is 1. The van der Waals surface area contributed by atoms with E-state index in [2.05, 4.69) is 10.3 Å². The molecule has 94 valence electrons. The predicted molar refractivity (Wildman–Crippen MR) is 62.8 cm³/mol. The highest BCUT2D eigenvalue weighted by Gasteiger charge is 2.14. The zero-order valence-corrected chi connectivity index (χ0v) is 9.80. The number of carbonyl (C=O) groups is 1. The molecule has 0 saturated heterocycles. The van der Waals surface area contributed by atoms with Crippen LogP contribution in [0.15, 0.2) is 23.8 Å². The smallest absolute Gasteiger partial charge is 0.335 e. The first-order chi connectivity index (χ1) is 8.58. The van der Waals surface area contributed by atoms with E-state index in [1.807, 2.05) is 0 Å². The summed E-state index contributed by atoms with van der Waals surface area (Å²) >= 11 is 1.35. The highest BCUT2D eigenvalue weighted by atomic mass is 32.1. The molecule has 18 heavy (non-hydrogen) atoms. The number of aromatic nitrogens is 1. The number of halogens is 2. The highest BCUT2D eigenvalue weighted by molar-refractivity contribution is 7.09. The molecule has 0 fully saturated rings. The van der Waals surface area contributed by atoms with Gasteiger partial charge in [0.2, 0.25) is 0 Å². The maximum atomic E-state index is 13.5. The molecule has 2 aromatic rings. The summed E-state index contributed by atoms with van der Waals surface area (Å²) in [6.45, 7) is 0.227. The van der Waals surface area contributed by atoms with E-state index in [9.17, 15) is 13.6 Å². The van der Waals surface area contributed by atoms with E-state index in [4.69, 9.17) is 5.11 Å². The number of hydrogen-bond donors (Lipinski definition) is 2. The van der Waals surface area contributed by atoms with Crippen LogP contribution in [0.5, 0.6) is 0 Å². The van der Waals surface area contributed by atoms with Gasteiger partial charge in [0.1, 0.15) is 17.3 Å². The third kappa shape index (κ3) is 2.62. The van der Waals surface area contributed by atoms with Gasteiger partial charge in [-0.2, -0.15) is 0 Å². The average Bonchev–Trinajstić information content (AvgIpc) is 2.80. The first kappa shape index (κ1) is 12.4. The molecule has 0 aliphatic rings. The SMILES string of the molecule is O=C(O)c1cc(F)c(NCc2cncs2)c(F)c1. The summed E-state index contributed by atoms with van der Waals surface area (Å²) in [5.41, 5.74) is 0.846. The molecule has 2 rings (SSSR count). The van der Waals surface area contributed by atoms with Crippen molar-refractivity contribution in [1.82, 2.24) is 4.98 Å². The van der Waals surface area contributed by atoms with Crippen molar-refractivity contribution in [2.24, 2.45) is 0 Å². The Morgan fingerprint density at radius 3 is 2.56 bits per heavy atom. The Morgan fingerprint density at radius 1 is 1.39 bits per heavy atom. The molecule has 2 N–H and O–H groups in total. The van der Waals surface area contributed by atoms with Crippen LogP contribution in [0.2, 0.25) is 0 Å². The van der Waals surface area contributed by atoms with Gasteiger partial charge in [-0.25, -0.2) is 13.6 Å². The number of hydrogen-bond acceptors (Lipinski definition) is 4. The second kappa shape index (κ2) is 5.09.